The molecule has 2 amide bonds. The number of para-hydroxylation sites is 1. The van der Waals surface area contributed by atoms with Gasteiger partial charge in [-0.3, -0.25) is 19.5 Å². The summed E-state index contributed by atoms with van der Waals surface area (Å²) in [7, 11) is 0. The number of carbonyl (C=O) groups excluding carboxylic acids is 2. The number of pyridine rings is 1. The summed E-state index contributed by atoms with van der Waals surface area (Å²) in [6.07, 6.45) is 3.39. The highest BCUT2D eigenvalue weighted by Gasteiger charge is 2.44. The zero-order valence-corrected chi connectivity index (χ0v) is 23.9. The van der Waals surface area contributed by atoms with Crippen molar-refractivity contribution in [1.82, 2.24) is 15.2 Å². The maximum absolute atomic E-state index is 13.6. The van der Waals surface area contributed by atoms with Gasteiger partial charge in [-0.05, 0) is 48.3 Å². The zero-order chi connectivity index (χ0) is 27.9. The van der Waals surface area contributed by atoms with Crippen LogP contribution in [0.3, 0.4) is 0 Å². The minimum atomic E-state index is -2.16. The molecule has 1 unspecified atom stereocenters. The number of benzene rings is 2. The lowest BCUT2D eigenvalue weighted by atomic mass is 10.0. The van der Waals surface area contributed by atoms with Crippen LogP contribution in [0.2, 0.25) is 0 Å². The molecular formula is C27H28Cl3N5O2S. The Balaban J connectivity index is 1.96. The van der Waals surface area contributed by atoms with Gasteiger partial charge in [0, 0.05) is 17.7 Å². The van der Waals surface area contributed by atoms with Crippen LogP contribution in [0.5, 0.6) is 0 Å². The molecule has 0 bridgehead atoms. The van der Waals surface area contributed by atoms with E-state index in [1.165, 1.54) is 6.08 Å². The van der Waals surface area contributed by atoms with Gasteiger partial charge in [0.2, 0.25) is 15.6 Å². The van der Waals surface area contributed by atoms with E-state index in [2.05, 4.69) is 15.6 Å². The van der Waals surface area contributed by atoms with E-state index in [1.54, 1.807) is 18.3 Å². The fourth-order valence-corrected chi connectivity index (χ4v) is 4.49. The Labute approximate surface area is 242 Å². The molecule has 0 aliphatic rings. The van der Waals surface area contributed by atoms with Crippen molar-refractivity contribution in [3.63, 3.8) is 0 Å². The maximum Gasteiger partial charge on any atom is 0.247 e. The summed E-state index contributed by atoms with van der Waals surface area (Å²) in [5.41, 5.74) is 8.18. The van der Waals surface area contributed by atoms with Crippen molar-refractivity contribution >= 4 is 86.6 Å². The Morgan fingerprint density at radius 2 is 1.76 bits per heavy atom. The number of nitrogens with one attached hydrogen (secondary N) is 2. The molecule has 0 spiro atoms. The van der Waals surface area contributed by atoms with Crippen LogP contribution in [0, 0.1) is 5.92 Å². The summed E-state index contributed by atoms with van der Waals surface area (Å²) in [5.74, 6) is -1.11. The van der Waals surface area contributed by atoms with Crippen LogP contribution in [-0.4, -0.2) is 42.8 Å². The summed E-state index contributed by atoms with van der Waals surface area (Å²) in [6.45, 7) is 3.86. The van der Waals surface area contributed by atoms with Crippen molar-refractivity contribution in [2.75, 3.05) is 5.32 Å². The summed E-state index contributed by atoms with van der Waals surface area (Å²) in [4.78, 5) is 31.9. The van der Waals surface area contributed by atoms with E-state index >= 15 is 0 Å². The number of aromatic nitrogens is 1. The van der Waals surface area contributed by atoms with Gasteiger partial charge in [0.25, 0.3) is 0 Å². The molecule has 1 heterocycles. The molecule has 0 saturated heterocycles. The summed E-state index contributed by atoms with van der Waals surface area (Å²) < 4.78 is -2.16. The van der Waals surface area contributed by atoms with Crippen LogP contribution in [0.4, 0.5) is 5.69 Å². The summed E-state index contributed by atoms with van der Waals surface area (Å²) in [5, 5.41) is 6.38. The smallest absolute Gasteiger partial charge is 0.247 e. The van der Waals surface area contributed by atoms with Crippen molar-refractivity contribution < 1.29 is 9.59 Å². The first-order valence-corrected chi connectivity index (χ1v) is 13.3. The number of anilines is 1. The predicted octanol–water partition coefficient (Wildman–Crippen LogP) is 5.66. The van der Waals surface area contributed by atoms with Gasteiger partial charge in [0.05, 0.1) is 17.2 Å². The molecule has 7 nitrogen and oxygen atoms in total. The van der Waals surface area contributed by atoms with E-state index in [9.17, 15) is 9.59 Å². The highest BCUT2D eigenvalue weighted by atomic mass is 35.6. The second-order valence-corrected chi connectivity index (χ2v) is 11.7. The van der Waals surface area contributed by atoms with Gasteiger partial charge in [-0.25, -0.2) is 0 Å². The van der Waals surface area contributed by atoms with Gasteiger partial charge in [0.1, 0.15) is 0 Å². The molecule has 2 atom stereocenters. The third kappa shape index (κ3) is 8.12. The average molecular weight is 593 g/mol. The fourth-order valence-electron chi connectivity index (χ4n) is 3.72. The van der Waals surface area contributed by atoms with E-state index < -0.39 is 27.8 Å². The molecule has 0 fully saturated rings. The first-order chi connectivity index (χ1) is 18.0. The van der Waals surface area contributed by atoms with Gasteiger partial charge < -0.3 is 16.4 Å². The monoisotopic (exact) mass is 591 g/mol. The van der Waals surface area contributed by atoms with E-state index in [0.29, 0.717) is 17.6 Å². The lowest BCUT2D eigenvalue weighted by molar-refractivity contribution is -0.132. The number of thiocarbonyl (C=S) groups is 1. The summed E-state index contributed by atoms with van der Waals surface area (Å²) in [6, 6.07) is 17.4. The van der Waals surface area contributed by atoms with E-state index in [-0.39, 0.29) is 11.0 Å². The first-order valence-electron chi connectivity index (χ1n) is 11.8. The number of fused-ring (bicyclic) bond motifs is 1. The molecule has 0 saturated carbocycles. The second-order valence-electron chi connectivity index (χ2n) is 8.95. The van der Waals surface area contributed by atoms with Crippen molar-refractivity contribution in [2.24, 2.45) is 11.7 Å². The van der Waals surface area contributed by atoms with Crippen molar-refractivity contribution in [1.29, 1.82) is 0 Å². The normalized spacial score (nSPS) is 13.3. The molecule has 0 aliphatic carbocycles. The Bertz CT molecular complexity index is 1310. The van der Waals surface area contributed by atoms with Gasteiger partial charge >= 0.3 is 0 Å². The number of nitrogens with two attached hydrogens (primary N) is 1. The minimum absolute atomic E-state index is 0.106. The first kappa shape index (κ1) is 29.8. The van der Waals surface area contributed by atoms with E-state index in [1.807, 2.05) is 68.4 Å². The molecule has 4 N–H and O–H groups in total. The fraction of sp³-hybridized carbons (Fsp3) is 0.259. The minimum Gasteiger partial charge on any atom is -0.330 e. The van der Waals surface area contributed by atoms with Crippen LogP contribution in [-0.2, 0) is 9.59 Å². The van der Waals surface area contributed by atoms with E-state index in [0.717, 1.165) is 15.8 Å². The van der Waals surface area contributed by atoms with Crippen LogP contribution in [0.15, 0.2) is 72.9 Å². The molecule has 200 valence electrons. The maximum atomic E-state index is 13.6. The van der Waals surface area contributed by atoms with Crippen molar-refractivity contribution in [3.05, 3.63) is 78.5 Å². The standard InChI is InChI=1S/C27H28Cl3N5O2S/c1-17(2)16-20(31)24(37)35(26(38)33-21-12-6-10-19-11-7-15-32-23(19)21)25(27(28,29)30)34-22(36)14-13-18-8-4-3-5-9-18/h3-15,17,20,25H,16,31H2,1-2H3,(H,33,38)(H,34,36)/b14-13+/t20-,25?/m0/s1. The SMILES string of the molecule is CC(C)C[C@H](N)C(=O)N(C(=S)Nc1cccc2cccnc12)C(NC(=O)/C=C/c1ccccc1)C(Cl)(Cl)Cl. The molecule has 1 aromatic heterocycles. The predicted molar refractivity (Wildman–Crippen MR) is 160 cm³/mol. The number of carbonyl (C=O) groups is 2. The van der Waals surface area contributed by atoms with Crippen LogP contribution >= 0.6 is 47.0 Å². The third-order valence-corrected chi connectivity index (χ3v) is 6.37. The molecule has 0 radical (unpaired) electrons. The van der Waals surface area contributed by atoms with Gasteiger partial charge in [0.15, 0.2) is 11.3 Å². The highest BCUT2D eigenvalue weighted by molar-refractivity contribution is 7.80. The lowest BCUT2D eigenvalue weighted by Crippen LogP contribution is -2.63. The second kappa shape index (κ2) is 13.4. The number of nitrogens with zero attached hydrogens (tertiary/aromatic N) is 2. The average Bonchev–Trinajstić information content (AvgIpc) is 2.87. The summed E-state index contributed by atoms with van der Waals surface area (Å²) >= 11 is 24.6. The number of halogens is 3. The number of rotatable bonds is 8. The van der Waals surface area contributed by atoms with Crippen molar-refractivity contribution in [3.8, 4) is 0 Å². The van der Waals surface area contributed by atoms with E-state index in [4.69, 9.17) is 52.8 Å². The number of alkyl halides is 3. The molecule has 3 rings (SSSR count). The van der Waals surface area contributed by atoms with Gasteiger partial charge in [-0.15, -0.1) is 0 Å². The molecule has 2 aromatic carbocycles. The third-order valence-electron chi connectivity index (χ3n) is 5.45. The zero-order valence-electron chi connectivity index (χ0n) is 20.8. The lowest BCUT2D eigenvalue weighted by Gasteiger charge is -2.37. The van der Waals surface area contributed by atoms with Gasteiger partial charge in [-0.2, -0.15) is 0 Å². The Morgan fingerprint density at radius 3 is 2.42 bits per heavy atom. The number of amides is 2. The van der Waals surface area contributed by atoms with Crippen LogP contribution in [0.25, 0.3) is 17.0 Å². The molecule has 3 aromatic rings. The van der Waals surface area contributed by atoms with Crippen LogP contribution < -0.4 is 16.4 Å². The Kier molecular flexibility index (Phi) is 10.5. The van der Waals surface area contributed by atoms with Crippen LogP contribution in [0.1, 0.15) is 25.8 Å². The topological polar surface area (TPSA) is 100 Å². The molecule has 0 aliphatic heterocycles. The van der Waals surface area contributed by atoms with Gasteiger partial charge in [-0.1, -0.05) is 97.2 Å². The largest absolute Gasteiger partial charge is 0.330 e. The Morgan fingerprint density at radius 1 is 1.08 bits per heavy atom. The quantitative estimate of drug-likeness (QED) is 0.135. The Hall–Kier alpha value is -2.75. The number of hydrogen-bond acceptors (Lipinski definition) is 5. The van der Waals surface area contributed by atoms with Crippen molar-refractivity contribution in [2.45, 2.75) is 36.3 Å². The highest BCUT2D eigenvalue weighted by Crippen LogP contribution is 2.33. The molecule has 38 heavy (non-hydrogen) atoms. The molecular weight excluding hydrogens is 565 g/mol. The molecule has 11 heteroatoms. The number of hydrogen-bond donors (Lipinski definition) is 3.